The van der Waals surface area contributed by atoms with Crippen LogP contribution in [-0.2, 0) is 0 Å². The van der Waals surface area contributed by atoms with Crippen LogP contribution in [0.4, 0.5) is 11.4 Å². The average molecular weight is 262 g/mol. The molecule has 0 fully saturated rings. The van der Waals surface area contributed by atoms with E-state index in [0.717, 1.165) is 5.69 Å². The first-order valence-electron chi connectivity index (χ1n) is 5.35. The van der Waals surface area contributed by atoms with Crippen LogP contribution in [0.25, 0.3) is 0 Å². The predicted molar refractivity (Wildman–Crippen MR) is 72.8 cm³/mol. The third-order valence-corrected chi connectivity index (χ3v) is 2.77. The Hall–Kier alpha value is -2.07. The molecule has 0 radical (unpaired) electrons. The minimum atomic E-state index is -0.232. The summed E-state index contributed by atoms with van der Waals surface area (Å²) in [5.74, 6) is -0.232. The summed E-state index contributed by atoms with van der Waals surface area (Å²) < 4.78 is 0. The van der Waals surface area contributed by atoms with E-state index in [-0.39, 0.29) is 5.91 Å². The number of nitrogen functional groups attached to an aromatic ring is 1. The van der Waals surface area contributed by atoms with Crippen LogP contribution in [0, 0.1) is 6.92 Å². The quantitative estimate of drug-likeness (QED) is 0.817. The van der Waals surface area contributed by atoms with Crippen LogP contribution in [-0.4, -0.2) is 10.9 Å². The van der Waals surface area contributed by atoms with Gasteiger partial charge in [0.2, 0.25) is 0 Å². The van der Waals surface area contributed by atoms with Crippen LogP contribution in [0.1, 0.15) is 16.1 Å². The summed E-state index contributed by atoms with van der Waals surface area (Å²) in [6.07, 6.45) is 1.53. The molecule has 0 unspecified atom stereocenters. The Morgan fingerprint density at radius 2 is 2.11 bits per heavy atom. The van der Waals surface area contributed by atoms with E-state index < -0.39 is 0 Å². The first kappa shape index (κ1) is 12.4. The Morgan fingerprint density at radius 1 is 1.33 bits per heavy atom. The molecule has 1 amide bonds. The lowest BCUT2D eigenvalue weighted by molar-refractivity contribution is 0.102. The van der Waals surface area contributed by atoms with Crippen molar-refractivity contribution in [2.45, 2.75) is 6.92 Å². The number of pyridine rings is 1. The maximum atomic E-state index is 11.9. The number of amides is 1. The van der Waals surface area contributed by atoms with Gasteiger partial charge < -0.3 is 11.1 Å². The van der Waals surface area contributed by atoms with Crippen LogP contribution in [0.5, 0.6) is 0 Å². The lowest BCUT2D eigenvalue weighted by Gasteiger charge is -2.06. The highest BCUT2D eigenvalue weighted by Crippen LogP contribution is 2.22. The van der Waals surface area contributed by atoms with E-state index in [1.807, 2.05) is 6.92 Å². The first-order valence-corrected chi connectivity index (χ1v) is 5.73. The van der Waals surface area contributed by atoms with Crippen molar-refractivity contribution in [1.29, 1.82) is 0 Å². The number of rotatable bonds is 2. The number of nitrogens with zero attached hydrogens (tertiary/aromatic N) is 1. The SMILES string of the molecule is Cc1ccc(C(=O)Nc2ccc(Cl)c(N)c2)cn1. The van der Waals surface area contributed by atoms with E-state index in [1.54, 1.807) is 30.3 Å². The van der Waals surface area contributed by atoms with Crippen LogP contribution < -0.4 is 11.1 Å². The number of aryl methyl sites for hydroxylation is 1. The zero-order chi connectivity index (χ0) is 13.1. The standard InChI is InChI=1S/C13H12ClN3O/c1-8-2-3-9(7-16-8)13(18)17-10-4-5-11(14)12(15)6-10/h2-7H,15H2,1H3,(H,17,18). The lowest BCUT2D eigenvalue weighted by Crippen LogP contribution is -2.12. The van der Waals surface area contributed by atoms with Crippen molar-refractivity contribution < 1.29 is 4.79 Å². The second-order valence-electron chi connectivity index (χ2n) is 3.88. The zero-order valence-corrected chi connectivity index (χ0v) is 10.5. The minimum Gasteiger partial charge on any atom is -0.397 e. The van der Waals surface area contributed by atoms with Gasteiger partial charge in [0.25, 0.3) is 5.91 Å². The molecule has 1 heterocycles. The van der Waals surface area contributed by atoms with E-state index >= 15 is 0 Å². The van der Waals surface area contributed by atoms with Gasteiger partial charge in [0.15, 0.2) is 0 Å². The molecule has 0 atom stereocenters. The molecule has 0 spiro atoms. The molecule has 3 N–H and O–H groups in total. The summed E-state index contributed by atoms with van der Waals surface area (Å²) in [5.41, 5.74) is 8.04. The van der Waals surface area contributed by atoms with E-state index in [4.69, 9.17) is 17.3 Å². The molecular formula is C13H12ClN3O. The molecular weight excluding hydrogens is 250 g/mol. The second-order valence-corrected chi connectivity index (χ2v) is 4.29. The topological polar surface area (TPSA) is 68.0 Å². The lowest BCUT2D eigenvalue weighted by atomic mass is 10.2. The van der Waals surface area contributed by atoms with Crippen molar-refractivity contribution in [1.82, 2.24) is 4.98 Å². The van der Waals surface area contributed by atoms with Crippen molar-refractivity contribution in [3.05, 3.63) is 52.8 Å². The largest absolute Gasteiger partial charge is 0.397 e. The first-order chi connectivity index (χ1) is 8.56. The smallest absolute Gasteiger partial charge is 0.257 e. The van der Waals surface area contributed by atoms with Gasteiger partial charge in [-0.15, -0.1) is 0 Å². The van der Waals surface area contributed by atoms with Crippen LogP contribution in [0.3, 0.4) is 0 Å². The fourth-order valence-electron chi connectivity index (χ4n) is 1.43. The van der Waals surface area contributed by atoms with E-state index in [9.17, 15) is 4.79 Å². The number of nitrogens with two attached hydrogens (primary N) is 1. The number of carbonyl (C=O) groups is 1. The fraction of sp³-hybridized carbons (Fsp3) is 0.0769. The van der Waals surface area contributed by atoms with Gasteiger partial charge in [-0.3, -0.25) is 9.78 Å². The number of aromatic nitrogens is 1. The maximum Gasteiger partial charge on any atom is 0.257 e. The highest BCUT2D eigenvalue weighted by atomic mass is 35.5. The third-order valence-electron chi connectivity index (χ3n) is 2.43. The third kappa shape index (κ3) is 2.78. The molecule has 0 aliphatic carbocycles. The average Bonchev–Trinajstić information content (AvgIpc) is 2.34. The van der Waals surface area contributed by atoms with Gasteiger partial charge in [0.1, 0.15) is 0 Å². The Kier molecular flexibility index (Phi) is 3.48. The predicted octanol–water partition coefficient (Wildman–Crippen LogP) is 2.88. The Bertz CT molecular complexity index is 581. The molecule has 4 nitrogen and oxygen atoms in total. The highest BCUT2D eigenvalue weighted by Gasteiger charge is 2.07. The van der Waals surface area contributed by atoms with Crippen molar-refractivity contribution in [3.8, 4) is 0 Å². The molecule has 5 heteroatoms. The van der Waals surface area contributed by atoms with Crippen LogP contribution in [0.2, 0.25) is 5.02 Å². The van der Waals surface area contributed by atoms with Gasteiger partial charge in [0, 0.05) is 17.6 Å². The number of nitrogens with one attached hydrogen (secondary N) is 1. The second kappa shape index (κ2) is 5.06. The van der Waals surface area contributed by atoms with Gasteiger partial charge in [0.05, 0.1) is 16.3 Å². The molecule has 0 aliphatic heterocycles. The number of benzene rings is 1. The minimum absolute atomic E-state index is 0.232. The molecule has 0 saturated heterocycles. The van der Waals surface area contributed by atoms with E-state index in [2.05, 4.69) is 10.3 Å². The summed E-state index contributed by atoms with van der Waals surface area (Å²) in [6.45, 7) is 1.86. The molecule has 0 bridgehead atoms. The van der Waals surface area contributed by atoms with Crippen molar-refractivity contribution in [3.63, 3.8) is 0 Å². The highest BCUT2D eigenvalue weighted by molar-refractivity contribution is 6.33. The monoisotopic (exact) mass is 261 g/mol. The molecule has 2 aromatic rings. The van der Waals surface area contributed by atoms with Crippen molar-refractivity contribution >= 4 is 28.9 Å². The van der Waals surface area contributed by atoms with Crippen molar-refractivity contribution in [2.75, 3.05) is 11.1 Å². The molecule has 92 valence electrons. The van der Waals surface area contributed by atoms with Gasteiger partial charge in [-0.25, -0.2) is 0 Å². The van der Waals surface area contributed by atoms with Crippen LogP contribution >= 0.6 is 11.6 Å². The van der Waals surface area contributed by atoms with Gasteiger partial charge >= 0.3 is 0 Å². The van der Waals surface area contributed by atoms with E-state index in [1.165, 1.54) is 6.20 Å². The fourth-order valence-corrected chi connectivity index (χ4v) is 1.54. The summed E-state index contributed by atoms with van der Waals surface area (Å²) >= 11 is 5.80. The maximum absolute atomic E-state index is 11.9. The number of carbonyl (C=O) groups excluding carboxylic acids is 1. The molecule has 0 aliphatic rings. The zero-order valence-electron chi connectivity index (χ0n) is 9.77. The Morgan fingerprint density at radius 3 is 2.72 bits per heavy atom. The molecule has 1 aromatic heterocycles. The number of hydrogen-bond acceptors (Lipinski definition) is 3. The Labute approximate surface area is 110 Å². The van der Waals surface area contributed by atoms with E-state index in [0.29, 0.717) is 22.0 Å². The summed E-state index contributed by atoms with van der Waals surface area (Å²) in [7, 11) is 0. The summed E-state index contributed by atoms with van der Waals surface area (Å²) in [6, 6.07) is 8.45. The number of anilines is 2. The van der Waals surface area contributed by atoms with Crippen molar-refractivity contribution in [2.24, 2.45) is 0 Å². The molecule has 1 aromatic carbocycles. The van der Waals surface area contributed by atoms with Gasteiger partial charge in [-0.05, 0) is 37.3 Å². The normalized spacial score (nSPS) is 10.1. The summed E-state index contributed by atoms with van der Waals surface area (Å²) in [5, 5.41) is 3.19. The van der Waals surface area contributed by atoms with Gasteiger partial charge in [-0.1, -0.05) is 11.6 Å². The molecule has 18 heavy (non-hydrogen) atoms. The molecule has 0 saturated carbocycles. The number of hydrogen-bond donors (Lipinski definition) is 2. The number of halogens is 1. The molecule has 2 rings (SSSR count). The van der Waals surface area contributed by atoms with Gasteiger partial charge in [-0.2, -0.15) is 0 Å². The summed E-state index contributed by atoms with van der Waals surface area (Å²) in [4.78, 5) is 16.0. The Balaban J connectivity index is 2.16. The van der Waals surface area contributed by atoms with Crippen LogP contribution in [0.15, 0.2) is 36.5 Å².